The van der Waals surface area contributed by atoms with Gasteiger partial charge in [-0.1, -0.05) is 11.6 Å². The molecular formula is C18H18ClN3O6. The molecule has 0 heterocycles. The van der Waals surface area contributed by atoms with Crippen LogP contribution in [0.2, 0.25) is 5.02 Å². The van der Waals surface area contributed by atoms with Crippen molar-refractivity contribution in [1.29, 1.82) is 0 Å². The van der Waals surface area contributed by atoms with Crippen LogP contribution in [0, 0.1) is 10.1 Å². The van der Waals surface area contributed by atoms with Crippen LogP contribution in [0.15, 0.2) is 35.4 Å². The van der Waals surface area contributed by atoms with E-state index in [-0.39, 0.29) is 34.4 Å². The summed E-state index contributed by atoms with van der Waals surface area (Å²) in [4.78, 5) is 21.9. The molecule has 0 unspecified atom stereocenters. The fourth-order valence-electron chi connectivity index (χ4n) is 2.31. The van der Waals surface area contributed by atoms with Crippen LogP contribution in [0.5, 0.6) is 11.5 Å². The second-order valence-corrected chi connectivity index (χ2v) is 5.77. The molecule has 0 saturated heterocycles. The van der Waals surface area contributed by atoms with E-state index in [0.29, 0.717) is 17.9 Å². The van der Waals surface area contributed by atoms with Gasteiger partial charge >= 0.3 is 11.7 Å². The monoisotopic (exact) mass is 407 g/mol. The lowest BCUT2D eigenvalue weighted by atomic mass is 10.2. The molecule has 0 aliphatic rings. The Balaban J connectivity index is 2.31. The third kappa shape index (κ3) is 5.10. The highest BCUT2D eigenvalue weighted by Gasteiger charge is 2.22. The van der Waals surface area contributed by atoms with E-state index in [1.54, 1.807) is 26.0 Å². The van der Waals surface area contributed by atoms with E-state index in [9.17, 15) is 14.9 Å². The average Bonchev–Trinajstić information content (AvgIpc) is 2.64. The van der Waals surface area contributed by atoms with Crippen molar-refractivity contribution in [1.82, 2.24) is 0 Å². The molecule has 0 fully saturated rings. The van der Waals surface area contributed by atoms with E-state index in [1.807, 2.05) is 0 Å². The SMILES string of the molecule is CCOc1cc(C=NNc2ccc(Cl)c(C(=O)O)c2)cc([N+](=O)[O-])c1OCC. The second kappa shape index (κ2) is 9.56. The molecule has 2 aromatic rings. The zero-order valence-corrected chi connectivity index (χ0v) is 15.9. The van der Waals surface area contributed by atoms with Crippen LogP contribution in [0.4, 0.5) is 11.4 Å². The molecule has 0 bridgehead atoms. The number of hydrogen-bond donors (Lipinski definition) is 2. The first-order valence-electron chi connectivity index (χ1n) is 8.27. The Morgan fingerprint density at radius 1 is 1.29 bits per heavy atom. The Kier molecular flexibility index (Phi) is 7.16. The smallest absolute Gasteiger partial charge is 0.337 e. The summed E-state index contributed by atoms with van der Waals surface area (Å²) in [5, 5.41) is 24.6. The normalized spacial score (nSPS) is 10.7. The zero-order chi connectivity index (χ0) is 20.7. The van der Waals surface area contributed by atoms with Gasteiger partial charge in [0.2, 0.25) is 5.75 Å². The molecule has 148 valence electrons. The summed E-state index contributed by atoms with van der Waals surface area (Å²) < 4.78 is 10.8. The number of rotatable bonds is 9. The fraction of sp³-hybridized carbons (Fsp3) is 0.222. The predicted octanol–water partition coefficient (Wildman–Crippen LogP) is 4.19. The number of nitro benzene ring substituents is 1. The van der Waals surface area contributed by atoms with E-state index in [1.165, 1.54) is 24.4 Å². The molecule has 0 aliphatic heterocycles. The van der Waals surface area contributed by atoms with E-state index in [4.69, 9.17) is 26.2 Å². The summed E-state index contributed by atoms with van der Waals surface area (Å²) >= 11 is 5.82. The van der Waals surface area contributed by atoms with Gasteiger partial charge in [0.25, 0.3) is 0 Å². The van der Waals surface area contributed by atoms with Gasteiger partial charge in [-0.05, 0) is 38.1 Å². The standard InChI is InChI=1S/C18H18ClN3O6/c1-3-27-16-8-11(7-15(22(25)26)17(16)28-4-2)10-20-21-12-5-6-14(19)13(9-12)18(23)24/h5-10,21H,3-4H2,1-2H3,(H,23,24). The molecule has 0 aliphatic carbocycles. The van der Waals surface area contributed by atoms with Crippen molar-refractivity contribution in [3.8, 4) is 11.5 Å². The topological polar surface area (TPSA) is 123 Å². The number of nitrogens with one attached hydrogen (secondary N) is 1. The first-order valence-corrected chi connectivity index (χ1v) is 8.65. The number of carboxylic acid groups (broad SMARTS) is 1. The number of hydrogen-bond acceptors (Lipinski definition) is 7. The summed E-state index contributed by atoms with van der Waals surface area (Å²) in [6.07, 6.45) is 1.35. The van der Waals surface area contributed by atoms with Crippen LogP contribution >= 0.6 is 11.6 Å². The van der Waals surface area contributed by atoms with Crippen molar-refractivity contribution >= 4 is 35.2 Å². The van der Waals surface area contributed by atoms with Crippen LogP contribution in [-0.4, -0.2) is 35.4 Å². The van der Waals surface area contributed by atoms with Crippen LogP contribution in [-0.2, 0) is 0 Å². The Bertz CT molecular complexity index is 916. The molecule has 2 aromatic carbocycles. The lowest BCUT2D eigenvalue weighted by Crippen LogP contribution is -2.03. The molecular weight excluding hydrogens is 390 g/mol. The number of nitro groups is 1. The van der Waals surface area contributed by atoms with Crippen LogP contribution in [0.1, 0.15) is 29.8 Å². The van der Waals surface area contributed by atoms with Crippen molar-refractivity contribution in [2.45, 2.75) is 13.8 Å². The number of hydrazone groups is 1. The summed E-state index contributed by atoms with van der Waals surface area (Å²) in [6, 6.07) is 7.19. The van der Waals surface area contributed by atoms with Crippen LogP contribution in [0.25, 0.3) is 0 Å². The molecule has 0 radical (unpaired) electrons. The molecule has 10 heteroatoms. The molecule has 0 aromatic heterocycles. The second-order valence-electron chi connectivity index (χ2n) is 5.36. The van der Waals surface area contributed by atoms with Gasteiger partial charge < -0.3 is 14.6 Å². The molecule has 2 N–H and O–H groups in total. The Hall–Kier alpha value is -3.33. The summed E-state index contributed by atoms with van der Waals surface area (Å²) in [7, 11) is 0. The molecule has 0 amide bonds. The maximum Gasteiger partial charge on any atom is 0.337 e. The van der Waals surface area contributed by atoms with Gasteiger partial charge in [0.1, 0.15) is 0 Å². The van der Waals surface area contributed by atoms with Gasteiger partial charge in [0, 0.05) is 11.6 Å². The van der Waals surface area contributed by atoms with Crippen molar-refractivity contribution < 1.29 is 24.3 Å². The molecule has 9 nitrogen and oxygen atoms in total. The first kappa shape index (κ1) is 21.0. The first-order chi connectivity index (χ1) is 13.4. The minimum Gasteiger partial charge on any atom is -0.490 e. The number of carboxylic acids is 1. The number of halogens is 1. The van der Waals surface area contributed by atoms with Gasteiger partial charge in [0.15, 0.2) is 5.75 Å². The average molecular weight is 408 g/mol. The number of nitrogens with zero attached hydrogens (tertiary/aromatic N) is 2. The highest BCUT2D eigenvalue weighted by molar-refractivity contribution is 6.33. The van der Waals surface area contributed by atoms with Crippen molar-refractivity contribution in [3.63, 3.8) is 0 Å². The quantitative estimate of drug-likeness (QED) is 0.363. The van der Waals surface area contributed by atoms with Gasteiger partial charge in [-0.2, -0.15) is 5.10 Å². The predicted molar refractivity (Wildman–Crippen MR) is 105 cm³/mol. The van der Waals surface area contributed by atoms with E-state index >= 15 is 0 Å². The summed E-state index contributed by atoms with van der Waals surface area (Å²) in [6.45, 7) is 4.03. The Morgan fingerprint density at radius 3 is 2.61 bits per heavy atom. The largest absolute Gasteiger partial charge is 0.490 e. The number of benzene rings is 2. The lowest BCUT2D eigenvalue weighted by molar-refractivity contribution is -0.385. The van der Waals surface area contributed by atoms with Gasteiger partial charge in [-0.3, -0.25) is 15.5 Å². The summed E-state index contributed by atoms with van der Waals surface area (Å²) in [5.74, 6) is -0.871. The number of carbonyl (C=O) groups is 1. The van der Waals surface area contributed by atoms with Gasteiger partial charge in [0.05, 0.1) is 40.6 Å². The van der Waals surface area contributed by atoms with E-state index in [0.717, 1.165) is 0 Å². The van der Waals surface area contributed by atoms with Crippen molar-refractivity contribution in [2.24, 2.45) is 5.10 Å². The minimum atomic E-state index is -1.17. The zero-order valence-electron chi connectivity index (χ0n) is 15.1. The van der Waals surface area contributed by atoms with Gasteiger partial charge in [-0.25, -0.2) is 4.79 Å². The Morgan fingerprint density at radius 2 is 2.00 bits per heavy atom. The molecule has 0 spiro atoms. The molecule has 0 atom stereocenters. The maximum absolute atomic E-state index is 11.4. The highest BCUT2D eigenvalue weighted by Crippen LogP contribution is 2.38. The highest BCUT2D eigenvalue weighted by atomic mass is 35.5. The fourth-order valence-corrected chi connectivity index (χ4v) is 2.51. The van der Waals surface area contributed by atoms with E-state index in [2.05, 4.69) is 10.5 Å². The molecule has 28 heavy (non-hydrogen) atoms. The summed E-state index contributed by atoms with van der Waals surface area (Å²) in [5.41, 5.74) is 3.14. The van der Waals surface area contributed by atoms with Crippen LogP contribution in [0.3, 0.4) is 0 Å². The number of aromatic carboxylic acids is 1. The van der Waals surface area contributed by atoms with E-state index < -0.39 is 10.9 Å². The van der Waals surface area contributed by atoms with Crippen LogP contribution < -0.4 is 14.9 Å². The van der Waals surface area contributed by atoms with Crippen molar-refractivity contribution in [2.75, 3.05) is 18.6 Å². The third-order valence-corrected chi connectivity index (χ3v) is 3.78. The third-order valence-electron chi connectivity index (χ3n) is 3.45. The van der Waals surface area contributed by atoms with Gasteiger partial charge in [-0.15, -0.1) is 0 Å². The van der Waals surface area contributed by atoms with Crippen molar-refractivity contribution in [3.05, 3.63) is 56.6 Å². The lowest BCUT2D eigenvalue weighted by Gasteiger charge is -2.11. The maximum atomic E-state index is 11.4. The number of anilines is 1. The molecule has 2 rings (SSSR count). The minimum absolute atomic E-state index is 0.0586. The molecule has 0 saturated carbocycles. The Labute approximate surface area is 165 Å². The number of ether oxygens (including phenoxy) is 2.